The Labute approximate surface area is 260 Å². The summed E-state index contributed by atoms with van der Waals surface area (Å²) >= 11 is 0. The Bertz CT molecular complexity index is 1170. The third-order valence-corrected chi connectivity index (χ3v) is 14.4. The average Bonchev–Trinajstić information content (AvgIpc) is 3.59. The lowest BCUT2D eigenvalue weighted by atomic mass is 9.43. The summed E-state index contributed by atoms with van der Waals surface area (Å²) in [6, 6.07) is 6.47. The van der Waals surface area contributed by atoms with E-state index >= 15 is 0 Å². The maximum Gasteiger partial charge on any atom is 0.161 e. The molecule has 6 heteroatoms. The van der Waals surface area contributed by atoms with E-state index in [0.717, 1.165) is 55.9 Å². The third-order valence-electron chi connectivity index (χ3n) is 14.4. The molecular formula is C37H57NO5. The van der Waals surface area contributed by atoms with E-state index in [4.69, 9.17) is 18.9 Å². The van der Waals surface area contributed by atoms with E-state index in [1.807, 2.05) is 0 Å². The molecule has 5 saturated carbocycles. The van der Waals surface area contributed by atoms with Crippen LogP contribution in [0, 0.1) is 40.4 Å². The fourth-order valence-corrected chi connectivity index (χ4v) is 12.2. The van der Waals surface area contributed by atoms with E-state index < -0.39 is 5.60 Å². The summed E-state index contributed by atoms with van der Waals surface area (Å²) in [5.41, 5.74) is 1.06. The Kier molecular flexibility index (Phi) is 7.88. The number of nitrogens with one attached hydrogen (secondary N) is 1. The highest BCUT2D eigenvalue weighted by Crippen LogP contribution is 2.69. The Balaban J connectivity index is 1.06. The monoisotopic (exact) mass is 595 g/mol. The van der Waals surface area contributed by atoms with Gasteiger partial charge in [0.05, 0.1) is 45.2 Å². The summed E-state index contributed by atoms with van der Waals surface area (Å²) in [7, 11) is 3.42. The number of fused-ring (bicyclic) bond motifs is 7. The number of aliphatic hydroxyl groups is 1. The van der Waals surface area contributed by atoms with Crippen molar-refractivity contribution in [2.24, 2.45) is 40.4 Å². The predicted octanol–water partition coefficient (Wildman–Crippen LogP) is 6.52. The van der Waals surface area contributed by atoms with Gasteiger partial charge in [0, 0.05) is 23.9 Å². The molecule has 1 heterocycles. The zero-order chi connectivity index (χ0) is 30.0. The van der Waals surface area contributed by atoms with Crippen LogP contribution in [0.2, 0.25) is 0 Å². The van der Waals surface area contributed by atoms with Crippen molar-refractivity contribution in [3.8, 4) is 11.5 Å². The molecular weight excluding hydrogens is 538 g/mol. The van der Waals surface area contributed by atoms with E-state index in [1.165, 1.54) is 63.4 Å². The summed E-state index contributed by atoms with van der Waals surface area (Å²) in [5, 5.41) is 16.4. The van der Waals surface area contributed by atoms with Crippen molar-refractivity contribution in [3.05, 3.63) is 23.8 Å². The van der Waals surface area contributed by atoms with Gasteiger partial charge in [-0.1, -0.05) is 39.7 Å². The molecule has 0 spiro atoms. The normalized spacial score (nSPS) is 45.0. The van der Waals surface area contributed by atoms with Crippen molar-refractivity contribution in [1.29, 1.82) is 0 Å². The van der Waals surface area contributed by atoms with Crippen LogP contribution in [0.4, 0.5) is 0 Å². The van der Waals surface area contributed by atoms with E-state index in [-0.39, 0.29) is 23.0 Å². The van der Waals surface area contributed by atoms with E-state index in [1.54, 1.807) is 14.2 Å². The van der Waals surface area contributed by atoms with Crippen molar-refractivity contribution in [1.82, 2.24) is 5.32 Å². The van der Waals surface area contributed by atoms with Gasteiger partial charge in [0.15, 0.2) is 11.5 Å². The van der Waals surface area contributed by atoms with Gasteiger partial charge in [0.2, 0.25) is 0 Å². The first kappa shape index (κ1) is 30.3. The van der Waals surface area contributed by atoms with Crippen LogP contribution in [0.15, 0.2) is 18.2 Å². The van der Waals surface area contributed by atoms with E-state index in [0.29, 0.717) is 29.7 Å². The molecule has 1 aliphatic heterocycles. The maximum atomic E-state index is 12.5. The van der Waals surface area contributed by atoms with E-state index in [9.17, 15) is 5.11 Å². The van der Waals surface area contributed by atoms with Crippen LogP contribution >= 0.6 is 0 Å². The molecule has 7 rings (SSSR count). The number of hydrogen-bond acceptors (Lipinski definition) is 6. The second-order valence-electron chi connectivity index (χ2n) is 16.1. The zero-order valence-corrected chi connectivity index (χ0v) is 27.5. The molecule has 6 fully saturated rings. The minimum absolute atomic E-state index is 0.0240. The van der Waals surface area contributed by atoms with Gasteiger partial charge in [-0.05, 0) is 110 Å². The summed E-state index contributed by atoms with van der Waals surface area (Å²) in [6.07, 6.45) is 13.7. The number of rotatable bonds is 7. The molecule has 1 saturated heterocycles. The first-order chi connectivity index (χ1) is 20.7. The van der Waals surface area contributed by atoms with Gasteiger partial charge < -0.3 is 29.4 Å². The number of ether oxygens (including phenoxy) is 4. The highest BCUT2D eigenvalue weighted by molar-refractivity contribution is 5.45. The van der Waals surface area contributed by atoms with Gasteiger partial charge in [-0.15, -0.1) is 0 Å². The average molecular weight is 596 g/mol. The molecule has 43 heavy (non-hydrogen) atoms. The van der Waals surface area contributed by atoms with Crippen molar-refractivity contribution in [3.63, 3.8) is 0 Å². The molecule has 1 aromatic carbocycles. The van der Waals surface area contributed by atoms with Crippen molar-refractivity contribution in [2.75, 3.05) is 40.5 Å². The molecule has 6 aliphatic rings. The Morgan fingerprint density at radius 1 is 0.837 bits per heavy atom. The highest BCUT2D eigenvalue weighted by atomic mass is 16.6. The summed E-state index contributed by atoms with van der Waals surface area (Å²) in [6.45, 7) is 10.6. The van der Waals surface area contributed by atoms with Crippen molar-refractivity contribution in [2.45, 2.75) is 115 Å². The minimum Gasteiger partial charge on any atom is -0.493 e. The van der Waals surface area contributed by atoms with Crippen LogP contribution in [0.1, 0.15) is 97.0 Å². The van der Waals surface area contributed by atoms with Crippen LogP contribution in [0.5, 0.6) is 11.5 Å². The smallest absolute Gasteiger partial charge is 0.161 e. The topological polar surface area (TPSA) is 69.2 Å². The lowest BCUT2D eigenvalue weighted by Crippen LogP contribution is -2.63. The first-order valence-corrected chi connectivity index (χ1v) is 17.6. The molecule has 0 unspecified atom stereocenters. The first-order valence-electron chi connectivity index (χ1n) is 17.6. The molecule has 6 nitrogen and oxygen atoms in total. The fraction of sp³-hybridized carbons (Fsp3) is 0.838. The quantitative estimate of drug-likeness (QED) is 0.374. The number of hydrogen-bond donors (Lipinski definition) is 2. The molecule has 2 N–H and O–H groups in total. The van der Waals surface area contributed by atoms with Gasteiger partial charge in [-0.3, -0.25) is 0 Å². The van der Waals surface area contributed by atoms with Crippen LogP contribution in [0.25, 0.3) is 0 Å². The van der Waals surface area contributed by atoms with Gasteiger partial charge in [0.25, 0.3) is 0 Å². The second-order valence-corrected chi connectivity index (χ2v) is 16.1. The Hall–Kier alpha value is -1.34. The standard InChI is InChI=1S/C37H57NO5/c1-24-21-34(2)27-12-16-35(3)28(26(27)9-10-29(34)33-32(24)42-18-19-43-33)13-17-37(35,39)23-38-22-36(14-6-7-15-36)25-8-11-30(40-4)31(20-25)41-5/h8,11,20,24,26-29,32-33,38-39H,6-7,9-10,12-19,21-23H2,1-5H3/t24-,26-,27+,28+,29-,32-,33-,34-,35+,37-/m0/s1. The van der Waals surface area contributed by atoms with Crippen LogP contribution in [-0.2, 0) is 14.9 Å². The third kappa shape index (κ3) is 4.62. The van der Waals surface area contributed by atoms with Gasteiger partial charge in [0.1, 0.15) is 0 Å². The fourth-order valence-electron chi connectivity index (χ4n) is 12.2. The zero-order valence-electron chi connectivity index (χ0n) is 27.5. The van der Waals surface area contributed by atoms with Gasteiger partial charge in [-0.2, -0.15) is 0 Å². The van der Waals surface area contributed by atoms with E-state index in [2.05, 4.69) is 44.3 Å². The van der Waals surface area contributed by atoms with Gasteiger partial charge >= 0.3 is 0 Å². The minimum atomic E-state index is -0.650. The second kappa shape index (κ2) is 11.2. The molecule has 10 atom stereocenters. The highest BCUT2D eigenvalue weighted by Gasteiger charge is 2.66. The molecule has 1 aromatic rings. The molecule has 5 aliphatic carbocycles. The summed E-state index contributed by atoms with van der Waals surface area (Å²) in [4.78, 5) is 0. The number of benzene rings is 1. The van der Waals surface area contributed by atoms with Crippen LogP contribution in [-0.4, -0.2) is 63.4 Å². The van der Waals surface area contributed by atoms with Crippen molar-refractivity contribution >= 4 is 0 Å². The Morgan fingerprint density at radius 2 is 1.56 bits per heavy atom. The lowest BCUT2D eigenvalue weighted by Gasteiger charge is -2.64. The maximum absolute atomic E-state index is 12.5. The van der Waals surface area contributed by atoms with Crippen LogP contribution in [0.3, 0.4) is 0 Å². The van der Waals surface area contributed by atoms with Crippen LogP contribution < -0.4 is 14.8 Å². The lowest BCUT2D eigenvalue weighted by molar-refractivity contribution is -0.249. The van der Waals surface area contributed by atoms with Gasteiger partial charge in [-0.25, -0.2) is 0 Å². The molecule has 0 bridgehead atoms. The summed E-state index contributed by atoms with van der Waals surface area (Å²) in [5.74, 6) is 4.82. The molecule has 240 valence electrons. The molecule has 0 amide bonds. The Morgan fingerprint density at radius 3 is 2.30 bits per heavy atom. The summed E-state index contributed by atoms with van der Waals surface area (Å²) < 4.78 is 24.0. The largest absolute Gasteiger partial charge is 0.493 e. The molecule has 0 aromatic heterocycles. The SMILES string of the molecule is COc1ccc(C2(CNC[C@@]3(O)CC[C@@H]4[C@H]5CC[C@H]6[C@@H]7OCCO[C@H]7[C@@H](C)C[C@@]6(C)[C@@H]5CC[C@]43C)CCCC2)cc1OC. The predicted molar refractivity (Wildman–Crippen MR) is 169 cm³/mol. The number of methoxy groups -OCH3 is 2. The molecule has 0 radical (unpaired) electrons. The van der Waals surface area contributed by atoms with Crippen molar-refractivity contribution < 1.29 is 24.1 Å².